The molecule has 0 aliphatic carbocycles. The lowest BCUT2D eigenvalue weighted by Crippen LogP contribution is -2.39. The van der Waals surface area contributed by atoms with Crippen LogP contribution in [0.2, 0.25) is 0 Å². The number of ether oxygens (including phenoxy) is 1. The van der Waals surface area contributed by atoms with Gasteiger partial charge in [-0.05, 0) is 21.8 Å². The monoisotopic (exact) mass is 399 g/mol. The third kappa shape index (κ3) is 7.23. The minimum Gasteiger partial charge on any atom is -0.378 e. The van der Waals surface area contributed by atoms with Crippen molar-refractivity contribution in [3.8, 4) is 0 Å². The summed E-state index contributed by atoms with van der Waals surface area (Å²) in [6, 6.07) is 0. The fourth-order valence-corrected chi connectivity index (χ4v) is 3.99. The molecule has 1 saturated heterocycles. The molecule has 0 aromatic carbocycles. The van der Waals surface area contributed by atoms with Crippen molar-refractivity contribution in [2.75, 3.05) is 44.4 Å². The van der Waals surface area contributed by atoms with Gasteiger partial charge in [-0.15, -0.1) is 5.10 Å². The van der Waals surface area contributed by atoms with Crippen LogP contribution in [0.5, 0.6) is 0 Å². The smallest absolute Gasteiger partial charge is 0.225 e. The zero-order chi connectivity index (χ0) is 19.9. The topological polar surface area (TPSA) is 89.4 Å². The Morgan fingerprint density at radius 3 is 2.74 bits per heavy atom. The van der Waals surface area contributed by atoms with E-state index in [1.807, 2.05) is 27.0 Å². The van der Waals surface area contributed by atoms with Crippen molar-refractivity contribution < 1.29 is 13.7 Å². The van der Waals surface area contributed by atoms with Crippen LogP contribution < -0.4 is 5.32 Å². The Hall–Kier alpha value is -1.45. The van der Waals surface area contributed by atoms with Crippen molar-refractivity contribution in [3.63, 3.8) is 0 Å². The fourth-order valence-electron chi connectivity index (χ4n) is 2.61. The van der Waals surface area contributed by atoms with Crippen LogP contribution in [0, 0.1) is 5.41 Å². The van der Waals surface area contributed by atoms with Gasteiger partial charge in [0.2, 0.25) is 5.91 Å². The molecular weight excluding hydrogens is 366 g/mol. The Labute approximate surface area is 162 Å². The van der Waals surface area contributed by atoms with Gasteiger partial charge >= 0.3 is 0 Å². The van der Waals surface area contributed by atoms with E-state index in [4.69, 9.17) is 4.74 Å². The largest absolute Gasteiger partial charge is 0.378 e. The molecule has 154 valence electrons. The average Bonchev–Trinajstić information content (AvgIpc) is 3.07. The summed E-state index contributed by atoms with van der Waals surface area (Å²) in [5.74, 6) is 5.15. The van der Waals surface area contributed by atoms with E-state index in [0.717, 1.165) is 31.7 Å². The van der Waals surface area contributed by atoms with Gasteiger partial charge in [0, 0.05) is 49.3 Å². The van der Waals surface area contributed by atoms with Gasteiger partial charge < -0.3 is 10.1 Å². The molecule has 0 saturated carbocycles. The molecule has 9 heteroatoms. The molecule has 0 bridgehead atoms. The number of nitrogens with one attached hydrogen (secondary N) is 1. The highest BCUT2D eigenvalue weighted by molar-refractivity contribution is 8.00. The molecule has 0 unspecified atom stereocenters. The van der Waals surface area contributed by atoms with Crippen LogP contribution in [-0.2, 0) is 32.1 Å². The summed E-state index contributed by atoms with van der Waals surface area (Å²) >= 11 is 0. The Kier molecular flexibility index (Phi) is 7.81. The Balaban J connectivity index is 1.60. The lowest BCUT2D eigenvalue weighted by molar-refractivity contribution is -0.129. The van der Waals surface area contributed by atoms with Crippen molar-refractivity contribution in [3.05, 3.63) is 11.9 Å². The van der Waals surface area contributed by atoms with Crippen molar-refractivity contribution in [1.82, 2.24) is 25.2 Å². The molecule has 2 rings (SSSR count). The second kappa shape index (κ2) is 9.66. The van der Waals surface area contributed by atoms with E-state index in [0.29, 0.717) is 37.8 Å². The van der Waals surface area contributed by atoms with E-state index in [1.165, 1.54) is 0 Å². The molecule has 8 nitrogen and oxygen atoms in total. The van der Waals surface area contributed by atoms with Crippen LogP contribution in [0.4, 0.5) is 0 Å². The van der Waals surface area contributed by atoms with Gasteiger partial charge in [0.15, 0.2) is 0 Å². The van der Waals surface area contributed by atoms with E-state index in [1.54, 1.807) is 4.68 Å². The second-order valence-corrected chi connectivity index (χ2v) is 10.5. The van der Waals surface area contributed by atoms with E-state index in [9.17, 15) is 9.00 Å². The Morgan fingerprint density at radius 1 is 1.37 bits per heavy atom. The first kappa shape index (κ1) is 21.8. The quantitative estimate of drug-likeness (QED) is 0.452. The van der Waals surface area contributed by atoms with Gasteiger partial charge in [0.25, 0.3) is 0 Å². The number of carbonyl (C=O) groups excluding carboxylic acids is 1. The predicted octanol–water partition coefficient (Wildman–Crippen LogP) is 0.379. The summed E-state index contributed by atoms with van der Waals surface area (Å²) in [6.07, 6.45) is 2.73. The first-order valence-electron chi connectivity index (χ1n) is 9.52. The number of amides is 1. The molecule has 27 heavy (non-hydrogen) atoms. The van der Waals surface area contributed by atoms with Crippen molar-refractivity contribution in [1.29, 1.82) is 0 Å². The van der Waals surface area contributed by atoms with Crippen molar-refractivity contribution in [2.24, 2.45) is 5.41 Å². The number of nitrogens with zero attached hydrogens (tertiary/aromatic N) is 4. The molecule has 0 radical (unpaired) electrons. The van der Waals surface area contributed by atoms with Crippen LogP contribution in [0.25, 0.3) is 0 Å². The van der Waals surface area contributed by atoms with Gasteiger partial charge in [-0.2, -0.15) is 0 Å². The van der Waals surface area contributed by atoms with Crippen LogP contribution in [0.15, 0.2) is 6.20 Å². The SMILES string of the molecule is C=S1(=O)CCN(Cc2cn(CCOCCNC(=O)C(C)(C)CC)nn2)CC1. The zero-order valence-corrected chi connectivity index (χ0v) is 17.6. The average molecular weight is 400 g/mol. The maximum Gasteiger partial charge on any atom is 0.225 e. The lowest BCUT2D eigenvalue weighted by Gasteiger charge is -2.27. The molecule has 2 heterocycles. The molecule has 1 aliphatic heterocycles. The summed E-state index contributed by atoms with van der Waals surface area (Å²) in [4.78, 5) is 14.2. The van der Waals surface area contributed by atoms with Crippen molar-refractivity contribution in [2.45, 2.75) is 40.3 Å². The zero-order valence-electron chi connectivity index (χ0n) is 16.8. The van der Waals surface area contributed by atoms with Gasteiger partial charge in [0.05, 0.1) is 25.5 Å². The molecule has 1 N–H and O–H groups in total. The minimum absolute atomic E-state index is 0.0573. The van der Waals surface area contributed by atoms with Crippen LogP contribution >= 0.6 is 0 Å². The predicted molar refractivity (Wildman–Crippen MR) is 108 cm³/mol. The normalized spacial score (nSPS) is 17.7. The third-order valence-electron chi connectivity index (χ3n) is 5.03. The van der Waals surface area contributed by atoms with Gasteiger partial charge in [0.1, 0.15) is 0 Å². The molecule has 1 amide bonds. The summed E-state index contributed by atoms with van der Waals surface area (Å²) in [5.41, 5.74) is 0.567. The molecule has 1 aromatic rings. The van der Waals surface area contributed by atoms with E-state index < -0.39 is 9.52 Å². The molecule has 1 aromatic heterocycles. The Bertz CT molecular complexity index is 700. The first-order chi connectivity index (χ1) is 12.7. The summed E-state index contributed by atoms with van der Waals surface area (Å²) in [5, 5.41) is 11.2. The lowest BCUT2D eigenvalue weighted by atomic mass is 9.89. The standard InChI is InChI=1S/C18H33N5O3S/c1-5-18(2,3)17(24)19-6-10-26-11-7-23-15-16(20-21-23)14-22-8-12-27(4,25)13-9-22/h15H,4-14H2,1-3H3,(H,19,24). The van der Waals surface area contributed by atoms with Gasteiger partial charge in [-0.25, -0.2) is 4.68 Å². The number of hydrogen-bond acceptors (Lipinski definition) is 6. The molecule has 1 aliphatic rings. The van der Waals surface area contributed by atoms with Gasteiger partial charge in [-0.1, -0.05) is 26.0 Å². The van der Waals surface area contributed by atoms with Gasteiger partial charge in [-0.3, -0.25) is 13.9 Å². The summed E-state index contributed by atoms with van der Waals surface area (Å²) in [6.45, 7) is 10.3. The molecule has 0 atom stereocenters. The van der Waals surface area contributed by atoms with Crippen LogP contribution in [-0.4, -0.2) is 80.2 Å². The molecule has 0 spiro atoms. The highest BCUT2D eigenvalue weighted by atomic mass is 32.2. The number of hydrogen-bond donors (Lipinski definition) is 1. The number of carbonyl (C=O) groups is 1. The van der Waals surface area contributed by atoms with Crippen LogP contribution in [0.1, 0.15) is 32.9 Å². The first-order valence-corrected chi connectivity index (χ1v) is 11.6. The van der Waals surface area contributed by atoms with Crippen molar-refractivity contribution >= 4 is 21.3 Å². The minimum atomic E-state index is -1.86. The third-order valence-corrected chi connectivity index (χ3v) is 6.88. The summed E-state index contributed by atoms with van der Waals surface area (Å²) < 4.78 is 19.2. The van der Waals surface area contributed by atoms with E-state index >= 15 is 0 Å². The molecular formula is C18H33N5O3S. The van der Waals surface area contributed by atoms with Crippen LogP contribution in [0.3, 0.4) is 0 Å². The number of aromatic nitrogens is 3. The maximum atomic E-state index is 11.9. The highest BCUT2D eigenvalue weighted by Crippen LogP contribution is 2.19. The second-order valence-electron chi connectivity index (χ2n) is 7.73. The highest BCUT2D eigenvalue weighted by Gasteiger charge is 2.24. The number of rotatable bonds is 10. The molecule has 1 fully saturated rings. The maximum absolute atomic E-state index is 11.9. The summed E-state index contributed by atoms with van der Waals surface area (Å²) in [7, 11) is -1.86. The fraction of sp³-hybridized carbons (Fsp3) is 0.778. The Morgan fingerprint density at radius 2 is 2.07 bits per heavy atom. The van der Waals surface area contributed by atoms with E-state index in [2.05, 4.69) is 26.4 Å². The van der Waals surface area contributed by atoms with E-state index in [-0.39, 0.29) is 11.3 Å².